The van der Waals surface area contributed by atoms with Gasteiger partial charge in [-0.15, -0.1) is 23.7 Å². The molecule has 0 aliphatic heterocycles. The fourth-order valence-electron chi connectivity index (χ4n) is 2.90. The molecule has 0 fully saturated rings. The van der Waals surface area contributed by atoms with Crippen molar-refractivity contribution in [2.45, 2.75) is 40.2 Å². The van der Waals surface area contributed by atoms with Crippen LogP contribution in [0.4, 0.5) is 5.69 Å². The van der Waals surface area contributed by atoms with Crippen LogP contribution in [-0.4, -0.2) is 22.4 Å². The fourth-order valence-corrected chi connectivity index (χ4v) is 3.95. The zero-order valence-electron chi connectivity index (χ0n) is 16.2. The summed E-state index contributed by atoms with van der Waals surface area (Å²) in [6.07, 6.45) is 0.652. The SMILES string of the molecule is CCNCc1cccc(NC(=O)CCc2nc3sc(C)c(C)c3c(=O)[nH]2)c1.Cl. The fraction of sp³-hybridized carbons (Fsp3) is 0.350. The Morgan fingerprint density at radius 1 is 1.29 bits per heavy atom. The average molecular weight is 421 g/mol. The minimum atomic E-state index is -0.131. The molecule has 28 heavy (non-hydrogen) atoms. The summed E-state index contributed by atoms with van der Waals surface area (Å²) < 4.78 is 0. The summed E-state index contributed by atoms with van der Waals surface area (Å²) in [4.78, 5) is 33.7. The third-order valence-electron chi connectivity index (χ3n) is 4.47. The number of nitrogens with zero attached hydrogens (tertiary/aromatic N) is 1. The number of H-pyrrole nitrogens is 1. The van der Waals surface area contributed by atoms with Gasteiger partial charge >= 0.3 is 0 Å². The van der Waals surface area contributed by atoms with Gasteiger partial charge in [-0.1, -0.05) is 19.1 Å². The van der Waals surface area contributed by atoms with Crippen LogP contribution in [-0.2, 0) is 17.8 Å². The number of hydrogen-bond donors (Lipinski definition) is 3. The summed E-state index contributed by atoms with van der Waals surface area (Å²) in [5, 5.41) is 6.83. The second kappa shape index (κ2) is 9.82. The van der Waals surface area contributed by atoms with E-state index < -0.39 is 0 Å². The van der Waals surface area contributed by atoms with Crippen molar-refractivity contribution in [3.05, 3.63) is 56.4 Å². The van der Waals surface area contributed by atoms with E-state index in [4.69, 9.17) is 0 Å². The number of carbonyl (C=O) groups is 1. The molecule has 1 aromatic carbocycles. The maximum atomic E-state index is 12.3. The van der Waals surface area contributed by atoms with E-state index in [-0.39, 0.29) is 30.3 Å². The first kappa shape index (κ1) is 22.1. The van der Waals surface area contributed by atoms with E-state index in [0.29, 0.717) is 17.6 Å². The number of halogens is 1. The van der Waals surface area contributed by atoms with Gasteiger partial charge in [0.05, 0.1) is 5.39 Å². The van der Waals surface area contributed by atoms with Crippen molar-refractivity contribution in [1.29, 1.82) is 0 Å². The highest BCUT2D eigenvalue weighted by Crippen LogP contribution is 2.25. The normalized spacial score (nSPS) is 10.7. The van der Waals surface area contributed by atoms with Gasteiger partial charge in [0.25, 0.3) is 5.56 Å². The smallest absolute Gasteiger partial charge is 0.259 e. The first-order valence-electron chi connectivity index (χ1n) is 9.06. The largest absolute Gasteiger partial charge is 0.326 e. The van der Waals surface area contributed by atoms with Crippen molar-refractivity contribution in [3.63, 3.8) is 0 Å². The Bertz CT molecular complexity index is 1030. The molecule has 0 spiro atoms. The Kier molecular flexibility index (Phi) is 7.74. The predicted molar refractivity (Wildman–Crippen MR) is 118 cm³/mol. The molecule has 0 saturated heterocycles. The summed E-state index contributed by atoms with van der Waals surface area (Å²) in [5.74, 6) is 0.446. The summed E-state index contributed by atoms with van der Waals surface area (Å²) in [7, 11) is 0. The lowest BCUT2D eigenvalue weighted by Crippen LogP contribution is -2.16. The maximum Gasteiger partial charge on any atom is 0.259 e. The summed E-state index contributed by atoms with van der Waals surface area (Å²) in [6.45, 7) is 7.64. The summed E-state index contributed by atoms with van der Waals surface area (Å²) >= 11 is 1.51. The number of hydrogen-bond acceptors (Lipinski definition) is 5. The molecule has 3 rings (SSSR count). The molecule has 0 atom stereocenters. The highest BCUT2D eigenvalue weighted by Gasteiger charge is 2.12. The van der Waals surface area contributed by atoms with Crippen LogP contribution in [0, 0.1) is 13.8 Å². The Balaban J connectivity index is 0.00000280. The quantitative estimate of drug-likeness (QED) is 0.543. The molecular weight excluding hydrogens is 396 g/mol. The van der Waals surface area contributed by atoms with E-state index >= 15 is 0 Å². The number of thiophene rings is 1. The minimum absolute atomic E-state index is 0. The van der Waals surface area contributed by atoms with E-state index in [0.717, 1.165) is 39.6 Å². The molecule has 0 aliphatic carbocycles. The maximum absolute atomic E-state index is 12.3. The van der Waals surface area contributed by atoms with E-state index in [9.17, 15) is 9.59 Å². The van der Waals surface area contributed by atoms with Crippen molar-refractivity contribution in [3.8, 4) is 0 Å². The van der Waals surface area contributed by atoms with E-state index in [1.165, 1.54) is 11.3 Å². The number of carbonyl (C=O) groups excluding carboxylic acids is 1. The molecule has 150 valence electrons. The van der Waals surface area contributed by atoms with Crippen LogP contribution in [0.2, 0.25) is 0 Å². The number of aryl methyl sites for hydroxylation is 3. The molecule has 0 radical (unpaired) electrons. The Morgan fingerprint density at radius 3 is 2.82 bits per heavy atom. The Hall–Kier alpha value is -2.22. The highest BCUT2D eigenvalue weighted by molar-refractivity contribution is 7.18. The molecule has 3 N–H and O–H groups in total. The van der Waals surface area contributed by atoms with Crippen LogP contribution >= 0.6 is 23.7 Å². The van der Waals surface area contributed by atoms with E-state index in [1.54, 1.807) is 0 Å². The van der Waals surface area contributed by atoms with Crippen molar-refractivity contribution >= 4 is 45.6 Å². The lowest BCUT2D eigenvalue weighted by Gasteiger charge is -2.08. The van der Waals surface area contributed by atoms with Crippen LogP contribution in [0.25, 0.3) is 10.2 Å². The van der Waals surface area contributed by atoms with Crippen LogP contribution in [0.3, 0.4) is 0 Å². The molecular formula is C20H25ClN4O2S. The van der Waals surface area contributed by atoms with Gasteiger partial charge < -0.3 is 15.6 Å². The van der Waals surface area contributed by atoms with Gasteiger partial charge in [-0.05, 0) is 43.7 Å². The minimum Gasteiger partial charge on any atom is -0.326 e. The van der Waals surface area contributed by atoms with Crippen molar-refractivity contribution < 1.29 is 4.79 Å². The number of benzene rings is 1. The topological polar surface area (TPSA) is 86.9 Å². The van der Waals surface area contributed by atoms with Gasteiger partial charge in [0.2, 0.25) is 5.91 Å². The molecule has 0 saturated carbocycles. The van der Waals surface area contributed by atoms with Gasteiger partial charge in [0.1, 0.15) is 10.7 Å². The van der Waals surface area contributed by atoms with Crippen molar-refractivity contribution in [2.24, 2.45) is 0 Å². The molecule has 8 heteroatoms. The first-order valence-corrected chi connectivity index (χ1v) is 9.88. The van der Waals surface area contributed by atoms with E-state index in [2.05, 4.69) is 27.5 Å². The Morgan fingerprint density at radius 2 is 2.07 bits per heavy atom. The number of amides is 1. The second-order valence-electron chi connectivity index (χ2n) is 6.50. The van der Waals surface area contributed by atoms with Gasteiger partial charge in [-0.3, -0.25) is 9.59 Å². The molecule has 2 aromatic heterocycles. The lowest BCUT2D eigenvalue weighted by molar-refractivity contribution is -0.116. The van der Waals surface area contributed by atoms with Crippen LogP contribution in [0.5, 0.6) is 0 Å². The monoisotopic (exact) mass is 420 g/mol. The number of anilines is 1. The van der Waals surface area contributed by atoms with Gasteiger partial charge in [0, 0.05) is 30.0 Å². The standard InChI is InChI=1S/C20H24N4O2S.ClH/c1-4-21-11-14-6-5-7-15(10-14)22-17(25)9-8-16-23-19(26)18-12(2)13(3)27-20(18)24-16;/h5-7,10,21H,4,8-9,11H2,1-3H3,(H,22,25)(H,23,24,26);1H. The van der Waals surface area contributed by atoms with Crippen molar-refractivity contribution in [2.75, 3.05) is 11.9 Å². The molecule has 0 aliphatic rings. The van der Waals surface area contributed by atoms with Gasteiger partial charge in [-0.25, -0.2) is 4.98 Å². The molecule has 1 amide bonds. The van der Waals surface area contributed by atoms with Crippen molar-refractivity contribution in [1.82, 2.24) is 15.3 Å². The molecule has 0 bridgehead atoms. The third kappa shape index (κ3) is 5.19. The zero-order chi connectivity index (χ0) is 19.4. The molecule has 0 unspecified atom stereocenters. The Labute approximate surface area is 174 Å². The third-order valence-corrected chi connectivity index (χ3v) is 5.57. The average Bonchev–Trinajstić information content (AvgIpc) is 2.93. The number of aromatic nitrogens is 2. The van der Waals surface area contributed by atoms with Gasteiger partial charge in [0.15, 0.2) is 0 Å². The molecule has 2 heterocycles. The second-order valence-corrected chi connectivity index (χ2v) is 7.71. The van der Waals surface area contributed by atoms with E-state index in [1.807, 2.05) is 38.1 Å². The predicted octanol–water partition coefficient (Wildman–Crippen LogP) is 3.70. The lowest BCUT2D eigenvalue weighted by atomic mass is 10.2. The van der Waals surface area contributed by atoms with Crippen LogP contribution in [0.1, 0.15) is 35.2 Å². The first-order chi connectivity index (χ1) is 13.0. The molecule has 3 aromatic rings. The zero-order valence-corrected chi connectivity index (χ0v) is 17.9. The summed E-state index contributed by atoms with van der Waals surface area (Å²) in [6, 6.07) is 7.78. The summed E-state index contributed by atoms with van der Waals surface area (Å²) in [5.41, 5.74) is 2.74. The number of fused-ring (bicyclic) bond motifs is 1. The van der Waals surface area contributed by atoms with Gasteiger partial charge in [-0.2, -0.15) is 0 Å². The number of rotatable bonds is 7. The number of aromatic amines is 1. The van der Waals surface area contributed by atoms with Crippen LogP contribution < -0.4 is 16.2 Å². The molecule has 6 nitrogen and oxygen atoms in total. The highest BCUT2D eigenvalue weighted by atomic mass is 35.5. The number of nitrogens with one attached hydrogen (secondary N) is 3. The van der Waals surface area contributed by atoms with Crippen LogP contribution in [0.15, 0.2) is 29.1 Å².